The maximum atomic E-state index is 3.64. The molecule has 90 valence electrons. The average Bonchev–Trinajstić information content (AvgIpc) is 2.25. The molecule has 0 rings (SSSR count). The second kappa shape index (κ2) is 12.0. The Kier molecular flexibility index (Phi) is 11.9. The predicted molar refractivity (Wildman–Crippen MR) is 74.0 cm³/mol. The Bertz CT molecular complexity index is 155. The van der Waals surface area contributed by atoms with E-state index in [1.165, 1.54) is 51.5 Å². The number of allylic oxidation sites excluding steroid dienone is 2. The van der Waals surface area contributed by atoms with Gasteiger partial charge in [-0.25, -0.2) is 0 Å². The van der Waals surface area contributed by atoms with Gasteiger partial charge in [-0.15, -0.1) is 0 Å². The van der Waals surface area contributed by atoms with Crippen molar-refractivity contribution in [2.24, 2.45) is 0 Å². The van der Waals surface area contributed by atoms with Crippen molar-refractivity contribution < 1.29 is 0 Å². The van der Waals surface area contributed by atoms with E-state index in [4.69, 9.17) is 0 Å². The Balaban J connectivity index is 3.76. The molecule has 0 saturated carbocycles. The van der Waals surface area contributed by atoms with Gasteiger partial charge in [-0.05, 0) is 25.8 Å². The number of rotatable bonds is 10. The first-order chi connectivity index (χ1) is 7.35. The second-order valence-corrected chi connectivity index (χ2v) is 6.05. The first kappa shape index (κ1) is 14.9. The molecule has 0 spiro atoms. The van der Waals surface area contributed by atoms with Gasteiger partial charge in [0.2, 0.25) is 0 Å². The zero-order chi connectivity index (χ0) is 11.4. The van der Waals surface area contributed by atoms with Crippen LogP contribution in [0.25, 0.3) is 0 Å². The highest BCUT2D eigenvalue weighted by Crippen LogP contribution is 2.08. The van der Waals surface area contributed by atoms with E-state index < -0.39 is 0 Å². The van der Waals surface area contributed by atoms with Gasteiger partial charge in [-0.3, -0.25) is 0 Å². The lowest BCUT2D eigenvalue weighted by Gasteiger charge is -2.07. The van der Waals surface area contributed by atoms with E-state index in [9.17, 15) is 0 Å². The molecule has 0 saturated heterocycles. The van der Waals surface area contributed by atoms with Crippen molar-refractivity contribution in [3.05, 3.63) is 11.3 Å². The summed E-state index contributed by atoms with van der Waals surface area (Å²) < 4.78 is 0. The van der Waals surface area contributed by atoms with Crippen molar-refractivity contribution in [2.75, 3.05) is 6.54 Å². The molecule has 0 radical (unpaired) electrons. The Labute approximate surface area is 98.6 Å². The zero-order valence-electron chi connectivity index (χ0n) is 10.9. The number of hydrogen-bond acceptors (Lipinski definition) is 1. The first-order valence-corrected chi connectivity index (χ1v) is 8.15. The number of hydrogen-bond donors (Lipinski definition) is 1. The summed E-state index contributed by atoms with van der Waals surface area (Å²) in [7, 11) is -0.123. The van der Waals surface area contributed by atoms with Gasteiger partial charge in [0, 0.05) is 0 Å². The van der Waals surface area contributed by atoms with Gasteiger partial charge >= 0.3 is 0 Å². The molecule has 0 bridgehead atoms. The van der Waals surface area contributed by atoms with Crippen LogP contribution in [0, 0.1) is 0 Å². The molecule has 0 fully saturated rings. The molecule has 0 aromatic rings. The summed E-state index contributed by atoms with van der Waals surface area (Å²) in [5.41, 5.74) is 0. The molecule has 2 heteroatoms. The van der Waals surface area contributed by atoms with Gasteiger partial charge in [0.1, 0.15) is 9.68 Å². The SMILES string of the molecule is CCCCC=C(CCCC)[SiH2]NCCC. The largest absolute Gasteiger partial charge is 0.339 e. The minimum absolute atomic E-state index is 0.123. The lowest BCUT2D eigenvalue weighted by Crippen LogP contribution is -2.22. The van der Waals surface area contributed by atoms with E-state index in [1.54, 1.807) is 5.20 Å². The molecule has 1 N–H and O–H groups in total. The summed E-state index contributed by atoms with van der Waals surface area (Å²) in [6, 6.07) is 0. The molecular weight excluding hydrogens is 198 g/mol. The van der Waals surface area contributed by atoms with Crippen molar-refractivity contribution in [2.45, 2.75) is 65.7 Å². The average molecular weight is 227 g/mol. The molecule has 0 aliphatic carbocycles. The minimum Gasteiger partial charge on any atom is -0.339 e. The van der Waals surface area contributed by atoms with Gasteiger partial charge in [-0.1, -0.05) is 57.7 Å². The topological polar surface area (TPSA) is 12.0 Å². The number of unbranched alkanes of at least 4 members (excludes halogenated alkanes) is 3. The Morgan fingerprint density at radius 1 is 1.07 bits per heavy atom. The Morgan fingerprint density at radius 3 is 2.40 bits per heavy atom. The maximum absolute atomic E-state index is 3.64. The molecule has 1 nitrogen and oxygen atoms in total. The van der Waals surface area contributed by atoms with Crippen molar-refractivity contribution in [1.29, 1.82) is 0 Å². The fourth-order valence-corrected chi connectivity index (χ4v) is 3.23. The molecule has 15 heavy (non-hydrogen) atoms. The Hall–Kier alpha value is -0.0831. The van der Waals surface area contributed by atoms with E-state index in [1.807, 2.05) is 0 Å². The highest BCUT2D eigenvalue weighted by Gasteiger charge is 1.97. The summed E-state index contributed by atoms with van der Waals surface area (Å²) in [5.74, 6) is 0. The predicted octanol–water partition coefficient (Wildman–Crippen LogP) is 3.33. The van der Waals surface area contributed by atoms with Crippen LogP contribution in [0.5, 0.6) is 0 Å². The van der Waals surface area contributed by atoms with Crippen LogP contribution >= 0.6 is 0 Å². The fraction of sp³-hybridized carbons (Fsp3) is 0.846. The van der Waals surface area contributed by atoms with Crippen LogP contribution in [0.3, 0.4) is 0 Å². The lowest BCUT2D eigenvalue weighted by atomic mass is 10.2. The van der Waals surface area contributed by atoms with Crippen molar-refractivity contribution in [1.82, 2.24) is 4.98 Å². The lowest BCUT2D eigenvalue weighted by molar-refractivity contribution is 0.780. The molecule has 0 aromatic heterocycles. The van der Waals surface area contributed by atoms with E-state index >= 15 is 0 Å². The molecule has 0 amide bonds. The fourth-order valence-electron chi connectivity index (χ4n) is 1.60. The van der Waals surface area contributed by atoms with Crippen LogP contribution in [-0.2, 0) is 0 Å². The van der Waals surface area contributed by atoms with E-state index in [-0.39, 0.29) is 9.68 Å². The van der Waals surface area contributed by atoms with Crippen LogP contribution in [-0.4, -0.2) is 16.2 Å². The second-order valence-electron chi connectivity index (χ2n) is 4.28. The normalized spacial score (nSPS) is 12.9. The third kappa shape index (κ3) is 10.2. The monoisotopic (exact) mass is 227 g/mol. The summed E-state index contributed by atoms with van der Waals surface area (Å²) >= 11 is 0. The number of nitrogens with one attached hydrogen (secondary N) is 1. The van der Waals surface area contributed by atoms with E-state index in [0.29, 0.717) is 0 Å². The highest BCUT2D eigenvalue weighted by atomic mass is 28.2. The van der Waals surface area contributed by atoms with Crippen LogP contribution in [0.1, 0.15) is 65.7 Å². The third-order valence-corrected chi connectivity index (χ3v) is 4.32. The van der Waals surface area contributed by atoms with Gasteiger partial charge < -0.3 is 4.98 Å². The minimum atomic E-state index is -0.123. The van der Waals surface area contributed by atoms with Crippen molar-refractivity contribution in [3.63, 3.8) is 0 Å². The first-order valence-electron chi connectivity index (χ1n) is 6.73. The summed E-state index contributed by atoms with van der Waals surface area (Å²) in [4.78, 5) is 3.64. The van der Waals surface area contributed by atoms with Crippen LogP contribution in [0.15, 0.2) is 11.3 Å². The zero-order valence-corrected chi connectivity index (χ0v) is 12.4. The summed E-state index contributed by atoms with van der Waals surface area (Å²) in [6.07, 6.45) is 11.8. The van der Waals surface area contributed by atoms with E-state index in [0.717, 1.165) is 0 Å². The van der Waals surface area contributed by atoms with Gasteiger partial charge in [-0.2, -0.15) is 0 Å². The summed E-state index contributed by atoms with van der Waals surface area (Å²) in [5, 5.41) is 1.76. The summed E-state index contributed by atoms with van der Waals surface area (Å²) in [6.45, 7) is 8.01. The van der Waals surface area contributed by atoms with Crippen LogP contribution in [0.4, 0.5) is 0 Å². The highest BCUT2D eigenvalue weighted by molar-refractivity contribution is 6.42. The standard InChI is InChI=1S/C13H29NSi/c1-4-7-9-11-13(10-8-5-2)15-14-12-6-3/h11,14H,4-10,12,15H2,1-3H3. The third-order valence-electron chi connectivity index (χ3n) is 2.62. The Morgan fingerprint density at radius 2 is 1.80 bits per heavy atom. The van der Waals surface area contributed by atoms with E-state index in [2.05, 4.69) is 31.8 Å². The smallest absolute Gasteiger partial charge is 0.119 e. The molecule has 0 heterocycles. The van der Waals surface area contributed by atoms with Crippen molar-refractivity contribution >= 4 is 9.68 Å². The molecule has 0 atom stereocenters. The van der Waals surface area contributed by atoms with Crippen LogP contribution in [0.2, 0.25) is 0 Å². The molecule has 0 unspecified atom stereocenters. The molecule has 0 aromatic carbocycles. The quantitative estimate of drug-likeness (QED) is 0.446. The van der Waals surface area contributed by atoms with Crippen molar-refractivity contribution in [3.8, 4) is 0 Å². The molecular formula is C13H29NSi. The molecule has 0 aliphatic heterocycles. The van der Waals surface area contributed by atoms with Gasteiger partial charge in [0.05, 0.1) is 0 Å². The maximum Gasteiger partial charge on any atom is 0.119 e. The van der Waals surface area contributed by atoms with Gasteiger partial charge in [0.25, 0.3) is 0 Å². The van der Waals surface area contributed by atoms with Gasteiger partial charge in [0.15, 0.2) is 0 Å². The van der Waals surface area contributed by atoms with Crippen LogP contribution < -0.4 is 4.98 Å². The molecule has 0 aliphatic rings.